The maximum atomic E-state index is 11.5. The second-order valence-corrected chi connectivity index (χ2v) is 3.69. The van der Waals surface area contributed by atoms with Crippen LogP contribution < -0.4 is 10.6 Å². The van der Waals surface area contributed by atoms with E-state index in [4.69, 9.17) is 9.84 Å². The van der Waals surface area contributed by atoms with Crippen LogP contribution in [0.2, 0.25) is 0 Å². The van der Waals surface area contributed by atoms with Gasteiger partial charge in [-0.3, -0.25) is 5.32 Å². The summed E-state index contributed by atoms with van der Waals surface area (Å²) >= 11 is 0. The van der Waals surface area contributed by atoms with E-state index in [1.807, 2.05) is 0 Å². The molecule has 1 aliphatic rings. The maximum Gasteiger partial charge on any atom is 0.323 e. The Morgan fingerprint density at radius 3 is 2.83 bits per heavy atom. The average Bonchev–Trinajstić information content (AvgIpc) is 2.93. The SMILES string of the molecule is O=C(Nc1ncn[nH]1)N[C@@H]1O[C@H](CO)[C@@H](O)[C@H]1O. The van der Waals surface area contributed by atoms with Gasteiger partial charge < -0.3 is 25.4 Å². The third kappa shape index (κ3) is 2.56. The quantitative estimate of drug-likeness (QED) is 0.347. The fraction of sp³-hybridized carbons (Fsp3) is 0.625. The number of urea groups is 1. The molecule has 0 spiro atoms. The zero-order valence-electron chi connectivity index (χ0n) is 9.15. The molecule has 1 aliphatic heterocycles. The summed E-state index contributed by atoms with van der Waals surface area (Å²) in [7, 11) is 0. The lowest BCUT2D eigenvalue weighted by Gasteiger charge is -2.16. The van der Waals surface area contributed by atoms with Crippen molar-refractivity contribution in [2.75, 3.05) is 11.9 Å². The largest absolute Gasteiger partial charge is 0.394 e. The van der Waals surface area contributed by atoms with Crippen molar-refractivity contribution in [3.8, 4) is 0 Å². The number of ether oxygens (including phenoxy) is 1. The number of carbonyl (C=O) groups excluding carboxylic acids is 1. The monoisotopic (exact) mass is 259 g/mol. The first-order valence-corrected chi connectivity index (χ1v) is 5.17. The number of aliphatic hydroxyl groups excluding tert-OH is 3. The first-order valence-electron chi connectivity index (χ1n) is 5.17. The molecule has 6 N–H and O–H groups in total. The molecule has 1 aromatic heterocycles. The molecule has 2 amide bonds. The summed E-state index contributed by atoms with van der Waals surface area (Å²) in [6.07, 6.45) is -3.41. The molecule has 2 heterocycles. The van der Waals surface area contributed by atoms with Crippen molar-refractivity contribution in [2.24, 2.45) is 0 Å². The first kappa shape index (κ1) is 12.7. The minimum absolute atomic E-state index is 0.124. The van der Waals surface area contributed by atoms with Crippen LogP contribution in [-0.4, -0.2) is 67.7 Å². The van der Waals surface area contributed by atoms with Gasteiger partial charge in [0.25, 0.3) is 0 Å². The van der Waals surface area contributed by atoms with E-state index in [1.165, 1.54) is 6.33 Å². The number of amides is 2. The number of nitrogens with one attached hydrogen (secondary N) is 3. The topological polar surface area (TPSA) is 153 Å². The summed E-state index contributed by atoms with van der Waals surface area (Å²) in [6.45, 7) is -0.458. The van der Waals surface area contributed by atoms with Crippen molar-refractivity contribution in [1.82, 2.24) is 20.5 Å². The Morgan fingerprint density at radius 1 is 1.50 bits per heavy atom. The molecule has 0 aromatic carbocycles. The first-order chi connectivity index (χ1) is 8.61. The third-order valence-electron chi connectivity index (χ3n) is 2.46. The van der Waals surface area contributed by atoms with Gasteiger partial charge in [0.05, 0.1) is 6.61 Å². The van der Waals surface area contributed by atoms with Gasteiger partial charge in [-0.2, -0.15) is 10.1 Å². The molecule has 18 heavy (non-hydrogen) atoms. The van der Waals surface area contributed by atoms with E-state index in [0.29, 0.717) is 0 Å². The van der Waals surface area contributed by atoms with Crippen LogP contribution in [0.15, 0.2) is 6.33 Å². The molecular formula is C8H13N5O5. The van der Waals surface area contributed by atoms with Gasteiger partial charge in [0.1, 0.15) is 24.6 Å². The lowest BCUT2D eigenvalue weighted by molar-refractivity contribution is -0.0279. The van der Waals surface area contributed by atoms with Gasteiger partial charge in [0.15, 0.2) is 6.23 Å². The van der Waals surface area contributed by atoms with Crippen molar-refractivity contribution in [2.45, 2.75) is 24.5 Å². The molecule has 0 radical (unpaired) electrons. The number of carbonyl (C=O) groups is 1. The van der Waals surface area contributed by atoms with Crippen LogP contribution in [0.1, 0.15) is 0 Å². The highest BCUT2D eigenvalue weighted by Gasteiger charge is 2.43. The summed E-state index contributed by atoms with van der Waals surface area (Å²) in [5, 5.41) is 38.4. The fourth-order valence-corrected chi connectivity index (χ4v) is 1.56. The van der Waals surface area contributed by atoms with Crippen LogP contribution in [0.3, 0.4) is 0 Å². The molecule has 1 aromatic rings. The van der Waals surface area contributed by atoms with Crippen LogP contribution in [0.5, 0.6) is 0 Å². The Balaban J connectivity index is 1.88. The average molecular weight is 259 g/mol. The summed E-state index contributed by atoms with van der Waals surface area (Å²) < 4.78 is 5.06. The highest BCUT2D eigenvalue weighted by atomic mass is 16.6. The minimum Gasteiger partial charge on any atom is -0.394 e. The predicted octanol–water partition coefficient (Wildman–Crippen LogP) is -2.63. The lowest BCUT2D eigenvalue weighted by Crippen LogP contribution is -2.45. The molecule has 0 saturated carbocycles. The van der Waals surface area contributed by atoms with E-state index in [0.717, 1.165) is 0 Å². The molecule has 0 unspecified atom stereocenters. The summed E-state index contributed by atoms with van der Waals surface area (Å²) in [5.74, 6) is 0.124. The number of hydrogen-bond donors (Lipinski definition) is 6. The van der Waals surface area contributed by atoms with E-state index in [2.05, 4.69) is 25.8 Å². The third-order valence-corrected chi connectivity index (χ3v) is 2.46. The van der Waals surface area contributed by atoms with Crippen molar-refractivity contribution in [3.63, 3.8) is 0 Å². The van der Waals surface area contributed by atoms with Crippen molar-refractivity contribution in [3.05, 3.63) is 6.33 Å². The lowest BCUT2D eigenvalue weighted by atomic mass is 10.1. The van der Waals surface area contributed by atoms with Crippen LogP contribution >= 0.6 is 0 Å². The summed E-state index contributed by atoms with van der Waals surface area (Å²) in [6, 6.07) is -0.693. The molecule has 4 atom stereocenters. The maximum absolute atomic E-state index is 11.5. The molecule has 0 aliphatic carbocycles. The fourth-order valence-electron chi connectivity index (χ4n) is 1.56. The van der Waals surface area contributed by atoms with Gasteiger partial charge in [-0.15, -0.1) is 0 Å². The van der Waals surface area contributed by atoms with Crippen molar-refractivity contribution < 1.29 is 24.9 Å². The van der Waals surface area contributed by atoms with Gasteiger partial charge in [0, 0.05) is 0 Å². The van der Waals surface area contributed by atoms with Crippen molar-refractivity contribution in [1.29, 1.82) is 0 Å². The number of H-pyrrole nitrogens is 1. The molecule has 0 bridgehead atoms. The van der Waals surface area contributed by atoms with Crippen LogP contribution in [0.25, 0.3) is 0 Å². The Morgan fingerprint density at radius 2 is 2.28 bits per heavy atom. The molecule has 10 heteroatoms. The highest BCUT2D eigenvalue weighted by Crippen LogP contribution is 2.19. The van der Waals surface area contributed by atoms with Gasteiger partial charge >= 0.3 is 6.03 Å². The zero-order chi connectivity index (χ0) is 13.1. The minimum atomic E-state index is -1.32. The Hall–Kier alpha value is -1.75. The van der Waals surface area contributed by atoms with Crippen molar-refractivity contribution >= 4 is 12.0 Å². The number of hydrogen-bond acceptors (Lipinski definition) is 7. The van der Waals surface area contributed by atoms with Gasteiger partial charge in [0.2, 0.25) is 5.95 Å². The van der Waals surface area contributed by atoms with Crippen LogP contribution in [-0.2, 0) is 4.74 Å². The molecule has 10 nitrogen and oxygen atoms in total. The van der Waals surface area contributed by atoms with E-state index < -0.39 is 37.2 Å². The predicted molar refractivity (Wildman–Crippen MR) is 56.3 cm³/mol. The van der Waals surface area contributed by atoms with Gasteiger partial charge in [-0.05, 0) is 0 Å². The molecule has 100 valence electrons. The second kappa shape index (κ2) is 5.27. The molecule has 1 fully saturated rings. The summed E-state index contributed by atoms with van der Waals surface area (Å²) in [4.78, 5) is 15.1. The number of aromatic amines is 1. The molecular weight excluding hydrogens is 246 g/mol. The number of nitrogens with zero attached hydrogens (tertiary/aromatic N) is 2. The number of anilines is 1. The van der Waals surface area contributed by atoms with Crippen LogP contribution in [0.4, 0.5) is 10.7 Å². The Labute approximate surface area is 101 Å². The van der Waals surface area contributed by atoms with Gasteiger partial charge in [-0.25, -0.2) is 9.89 Å². The molecule has 2 rings (SSSR count). The second-order valence-electron chi connectivity index (χ2n) is 3.69. The normalized spacial score (nSPS) is 31.3. The molecule has 1 saturated heterocycles. The van der Waals surface area contributed by atoms with E-state index in [1.54, 1.807) is 0 Å². The zero-order valence-corrected chi connectivity index (χ0v) is 9.15. The Bertz CT molecular complexity index is 399. The highest BCUT2D eigenvalue weighted by molar-refractivity contribution is 5.87. The van der Waals surface area contributed by atoms with Gasteiger partial charge in [-0.1, -0.05) is 0 Å². The number of rotatable bonds is 3. The number of aromatic nitrogens is 3. The van der Waals surface area contributed by atoms with E-state index >= 15 is 0 Å². The van der Waals surface area contributed by atoms with E-state index in [9.17, 15) is 15.0 Å². The Kier molecular flexibility index (Phi) is 3.72. The van der Waals surface area contributed by atoms with E-state index in [-0.39, 0.29) is 5.95 Å². The standard InChI is InChI=1S/C8H13N5O5/c14-1-3-4(15)5(16)6(18-3)11-8(17)12-7-9-2-10-13-7/h2-6,14-16H,1H2,(H3,9,10,11,12,13,17)/t3-,4-,5-,6-/m1/s1. The van der Waals surface area contributed by atoms with Crippen LogP contribution in [0, 0.1) is 0 Å². The smallest absolute Gasteiger partial charge is 0.323 e. The number of aliphatic hydroxyl groups is 3. The summed E-state index contributed by atoms with van der Waals surface area (Å²) in [5.41, 5.74) is 0.